The Morgan fingerprint density at radius 3 is 2.39 bits per heavy atom. The molecule has 0 radical (unpaired) electrons. The number of carboxylic acid groups (broad SMARTS) is 1. The number of benzene rings is 2. The van der Waals surface area contributed by atoms with Crippen molar-refractivity contribution in [1.29, 1.82) is 0 Å². The molecule has 0 heterocycles. The van der Waals surface area contributed by atoms with Crippen LogP contribution in [0.1, 0.15) is 15.9 Å². The zero-order valence-corrected chi connectivity index (χ0v) is 10.3. The molecule has 0 aliphatic heterocycles. The van der Waals surface area contributed by atoms with Gasteiger partial charge in [-0.25, -0.2) is 4.79 Å². The van der Waals surface area contributed by atoms with Crippen molar-refractivity contribution in [3.8, 4) is 16.9 Å². The van der Waals surface area contributed by atoms with E-state index in [-0.39, 0.29) is 5.56 Å². The standard InChI is InChI=1S/C15H14O3/c1-10-8-13(11-6-4-3-5-7-11)14(18-2)9-12(10)15(16)17/h3-9H,1-2H3,(H,16,17). The van der Waals surface area contributed by atoms with E-state index < -0.39 is 5.97 Å². The second-order valence-corrected chi connectivity index (χ2v) is 4.04. The van der Waals surface area contributed by atoms with E-state index in [1.165, 1.54) is 0 Å². The Kier molecular flexibility index (Phi) is 3.33. The van der Waals surface area contributed by atoms with Crippen molar-refractivity contribution in [2.75, 3.05) is 7.11 Å². The molecule has 2 aromatic carbocycles. The second kappa shape index (κ2) is 4.92. The van der Waals surface area contributed by atoms with Crippen LogP contribution in [0.5, 0.6) is 5.75 Å². The number of carboxylic acids is 1. The number of hydrogen-bond donors (Lipinski definition) is 1. The molecule has 3 heteroatoms. The third kappa shape index (κ3) is 2.20. The zero-order valence-electron chi connectivity index (χ0n) is 10.3. The Balaban J connectivity index is 2.62. The van der Waals surface area contributed by atoms with Gasteiger partial charge >= 0.3 is 5.97 Å². The Bertz CT molecular complexity index is 574. The first-order valence-corrected chi connectivity index (χ1v) is 5.61. The van der Waals surface area contributed by atoms with E-state index in [4.69, 9.17) is 9.84 Å². The Morgan fingerprint density at radius 2 is 1.83 bits per heavy atom. The van der Waals surface area contributed by atoms with Crippen LogP contribution in [-0.2, 0) is 0 Å². The molecule has 0 aromatic heterocycles. The third-order valence-corrected chi connectivity index (χ3v) is 2.86. The fraction of sp³-hybridized carbons (Fsp3) is 0.133. The molecular formula is C15H14O3. The van der Waals surface area contributed by atoms with Crippen LogP contribution in [0.3, 0.4) is 0 Å². The van der Waals surface area contributed by atoms with Crippen molar-refractivity contribution in [1.82, 2.24) is 0 Å². The minimum atomic E-state index is -0.939. The van der Waals surface area contributed by atoms with Crippen molar-refractivity contribution in [2.24, 2.45) is 0 Å². The highest BCUT2D eigenvalue weighted by molar-refractivity contribution is 5.91. The minimum Gasteiger partial charge on any atom is -0.496 e. The van der Waals surface area contributed by atoms with Crippen LogP contribution >= 0.6 is 0 Å². The first-order chi connectivity index (χ1) is 8.63. The average Bonchev–Trinajstić information content (AvgIpc) is 2.39. The molecule has 18 heavy (non-hydrogen) atoms. The maximum atomic E-state index is 11.1. The van der Waals surface area contributed by atoms with E-state index in [1.807, 2.05) is 36.4 Å². The van der Waals surface area contributed by atoms with Gasteiger partial charge in [-0.3, -0.25) is 0 Å². The molecule has 0 fully saturated rings. The topological polar surface area (TPSA) is 46.5 Å². The molecule has 0 bridgehead atoms. The Morgan fingerprint density at radius 1 is 1.17 bits per heavy atom. The summed E-state index contributed by atoms with van der Waals surface area (Å²) in [5.74, 6) is -0.366. The van der Waals surface area contributed by atoms with Crippen molar-refractivity contribution in [2.45, 2.75) is 6.92 Å². The summed E-state index contributed by atoms with van der Waals surface area (Å²) >= 11 is 0. The average molecular weight is 242 g/mol. The number of methoxy groups -OCH3 is 1. The van der Waals surface area contributed by atoms with Gasteiger partial charge in [-0.2, -0.15) is 0 Å². The van der Waals surface area contributed by atoms with Crippen molar-refractivity contribution < 1.29 is 14.6 Å². The van der Waals surface area contributed by atoms with Crippen LogP contribution in [0, 0.1) is 6.92 Å². The summed E-state index contributed by atoms with van der Waals surface area (Å²) in [6.07, 6.45) is 0. The summed E-state index contributed by atoms with van der Waals surface area (Å²) in [4.78, 5) is 11.1. The highest BCUT2D eigenvalue weighted by Gasteiger charge is 2.13. The lowest BCUT2D eigenvalue weighted by molar-refractivity contribution is 0.0695. The number of ether oxygens (including phenoxy) is 1. The molecule has 1 N–H and O–H groups in total. The molecule has 3 nitrogen and oxygen atoms in total. The van der Waals surface area contributed by atoms with E-state index >= 15 is 0 Å². The second-order valence-electron chi connectivity index (χ2n) is 4.04. The van der Waals surface area contributed by atoms with E-state index in [2.05, 4.69) is 0 Å². The summed E-state index contributed by atoms with van der Waals surface area (Å²) in [5, 5.41) is 9.09. The van der Waals surface area contributed by atoms with Crippen LogP contribution in [0.2, 0.25) is 0 Å². The van der Waals surface area contributed by atoms with Gasteiger partial charge in [0.2, 0.25) is 0 Å². The normalized spacial score (nSPS) is 10.1. The van der Waals surface area contributed by atoms with E-state index in [1.54, 1.807) is 20.1 Å². The molecule has 2 aromatic rings. The smallest absolute Gasteiger partial charge is 0.336 e. The summed E-state index contributed by atoms with van der Waals surface area (Å²) in [7, 11) is 1.54. The van der Waals surface area contributed by atoms with Gasteiger partial charge < -0.3 is 9.84 Å². The zero-order chi connectivity index (χ0) is 13.1. The van der Waals surface area contributed by atoms with Gasteiger partial charge in [-0.1, -0.05) is 30.3 Å². The fourth-order valence-corrected chi connectivity index (χ4v) is 1.93. The van der Waals surface area contributed by atoms with Crippen molar-refractivity contribution >= 4 is 5.97 Å². The van der Waals surface area contributed by atoms with E-state index in [9.17, 15) is 4.79 Å². The number of carbonyl (C=O) groups is 1. The van der Waals surface area contributed by atoms with Gasteiger partial charge in [0.25, 0.3) is 0 Å². The highest BCUT2D eigenvalue weighted by Crippen LogP contribution is 2.32. The minimum absolute atomic E-state index is 0.270. The van der Waals surface area contributed by atoms with E-state index in [0.29, 0.717) is 5.75 Å². The van der Waals surface area contributed by atoms with Gasteiger partial charge in [0.15, 0.2) is 0 Å². The quantitative estimate of drug-likeness (QED) is 0.897. The molecule has 92 valence electrons. The van der Waals surface area contributed by atoms with Crippen LogP contribution in [-0.4, -0.2) is 18.2 Å². The number of hydrogen-bond acceptors (Lipinski definition) is 2. The Labute approximate surface area is 106 Å². The van der Waals surface area contributed by atoms with Crippen LogP contribution in [0.25, 0.3) is 11.1 Å². The summed E-state index contributed by atoms with van der Waals surface area (Å²) < 4.78 is 5.28. The molecule has 0 unspecified atom stereocenters. The summed E-state index contributed by atoms with van der Waals surface area (Å²) in [5.41, 5.74) is 2.91. The summed E-state index contributed by atoms with van der Waals surface area (Å²) in [6.45, 7) is 1.79. The maximum absolute atomic E-state index is 11.1. The largest absolute Gasteiger partial charge is 0.496 e. The molecule has 0 amide bonds. The van der Waals surface area contributed by atoms with Crippen LogP contribution in [0.15, 0.2) is 42.5 Å². The first kappa shape index (κ1) is 12.2. The number of aryl methyl sites for hydroxylation is 1. The van der Waals surface area contributed by atoms with Crippen LogP contribution in [0.4, 0.5) is 0 Å². The molecule has 0 spiro atoms. The Hall–Kier alpha value is -2.29. The molecule has 0 aliphatic carbocycles. The molecule has 0 atom stereocenters. The van der Waals surface area contributed by atoms with Gasteiger partial charge in [-0.05, 0) is 30.2 Å². The predicted octanol–water partition coefficient (Wildman–Crippen LogP) is 3.37. The maximum Gasteiger partial charge on any atom is 0.336 e. The van der Waals surface area contributed by atoms with Crippen LogP contribution < -0.4 is 4.74 Å². The van der Waals surface area contributed by atoms with Crippen molar-refractivity contribution in [3.63, 3.8) is 0 Å². The van der Waals surface area contributed by atoms with Gasteiger partial charge in [-0.15, -0.1) is 0 Å². The number of rotatable bonds is 3. The SMILES string of the molecule is COc1cc(C(=O)O)c(C)cc1-c1ccccc1. The predicted molar refractivity (Wildman–Crippen MR) is 70.1 cm³/mol. The molecule has 0 saturated carbocycles. The number of aromatic carboxylic acids is 1. The lowest BCUT2D eigenvalue weighted by atomic mass is 9.98. The fourth-order valence-electron chi connectivity index (χ4n) is 1.93. The summed E-state index contributed by atoms with van der Waals surface area (Å²) in [6, 6.07) is 13.2. The third-order valence-electron chi connectivity index (χ3n) is 2.86. The molecular weight excluding hydrogens is 228 g/mol. The van der Waals surface area contributed by atoms with Gasteiger partial charge in [0.1, 0.15) is 5.75 Å². The van der Waals surface area contributed by atoms with Crippen molar-refractivity contribution in [3.05, 3.63) is 53.6 Å². The monoisotopic (exact) mass is 242 g/mol. The molecule has 0 saturated heterocycles. The molecule has 2 rings (SSSR count). The van der Waals surface area contributed by atoms with Gasteiger partial charge in [0, 0.05) is 5.56 Å². The molecule has 0 aliphatic rings. The first-order valence-electron chi connectivity index (χ1n) is 5.61. The van der Waals surface area contributed by atoms with E-state index in [0.717, 1.165) is 16.7 Å². The lowest BCUT2D eigenvalue weighted by Crippen LogP contribution is -2.01. The van der Waals surface area contributed by atoms with Gasteiger partial charge in [0.05, 0.1) is 12.7 Å². The lowest BCUT2D eigenvalue weighted by Gasteiger charge is -2.12. The highest BCUT2D eigenvalue weighted by atomic mass is 16.5.